The van der Waals surface area contributed by atoms with Crippen molar-refractivity contribution in [2.24, 2.45) is 11.1 Å². The summed E-state index contributed by atoms with van der Waals surface area (Å²) in [5.74, 6) is -2.08. The molecular formula is C10H17NO6. The minimum atomic E-state index is -1.88. The van der Waals surface area contributed by atoms with Crippen molar-refractivity contribution in [3.8, 4) is 0 Å². The first-order valence-electron chi connectivity index (χ1n) is 5.11. The molecule has 0 heterocycles. The van der Waals surface area contributed by atoms with Crippen LogP contribution < -0.4 is 5.73 Å². The van der Waals surface area contributed by atoms with E-state index in [4.69, 9.17) is 10.8 Å². The predicted molar refractivity (Wildman–Crippen MR) is 56.7 cm³/mol. The molecule has 7 heteroatoms. The van der Waals surface area contributed by atoms with Gasteiger partial charge >= 0.3 is 11.9 Å². The van der Waals surface area contributed by atoms with Gasteiger partial charge in [-0.25, -0.2) is 4.79 Å². The number of aliphatic hydroxyl groups excluding tert-OH is 2. The van der Waals surface area contributed by atoms with Gasteiger partial charge in [0.15, 0.2) is 6.10 Å². The van der Waals surface area contributed by atoms with Crippen LogP contribution in [0.2, 0.25) is 0 Å². The Morgan fingerprint density at radius 3 is 2.53 bits per heavy atom. The van der Waals surface area contributed by atoms with Crippen molar-refractivity contribution in [3.05, 3.63) is 0 Å². The molecule has 0 aromatic carbocycles. The molecule has 0 radical (unpaired) electrons. The molecule has 0 spiro atoms. The normalized spacial score (nSPS) is 15.8. The molecule has 0 fully saturated rings. The number of hydrogen-bond donors (Lipinski definition) is 3. The SMILES string of the molecule is CC(C=O)(CO)C(O)C(=O)OC(=O)CCCN. The molecule has 2 atom stereocenters. The predicted octanol–water partition coefficient (Wildman–Crippen LogP) is -1.65. The fraction of sp³-hybridized carbons (Fsp3) is 0.700. The van der Waals surface area contributed by atoms with Crippen LogP contribution in [0.15, 0.2) is 0 Å². The van der Waals surface area contributed by atoms with Crippen LogP contribution in [0.3, 0.4) is 0 Å². The Hall–Kier alpha value is -1.31. The zero-order chi connectivity index (χ0) is 13.5. The third-order valence-corrected chi connectivity index (χ3v) is 2.26. The topological polar surface area (TPSA) is 127 Å². The van der Waals surface area contributed by atoms with Crippen LogP contribution in [0.1, 0.15) is 19.8 Å². The maximum Gasteiger partial charge on any atom is 0.343 e. The molecule has 98 valence electrons. The summed E-state index contributed by atoms with van der Waals surface area (Å²) in [5, 5.41) is 18.3. The third kappa shape index (κ3) is 4.59. The van der Waals surface area contributed by atoms with Gasteiger partial charge in [0.2, 0.25) is 0 Å². The van der Waals surface area contributed by atoms with Crippen LogP contribution in [-0.4, -0.2) is 47.7 Å². The van der Waals surface area contributed by atoms with Crippen LogP contribution >= 0.6 is 0 Å². The van der Waals surface area contributed by atoms with Gasteiger partial charge in [0.25, 0.3) is 0 Å². The molecule has 7 nitrogen and oxygen atoms in total. The molecule has 2 unspecified atom stereocenters. The lowest BCUT2D eigenvalue weighted by Crippen LogP contribution is -2.44. The van der Waals surface area contributed by atoms with E-state index in [2.05, 4.69) is 4.74 Å². The van der Waals surface area contributed by atoms with Crippen molar-refractivity contribution >= 4 is 18.2 Å². The number of aliphatic hydroxyl groups is 2. The molecular weight excluding hydrogens is 230 g/mol. The monoisotopic (exact) mass is 247 g/mol. The second kappa shape index (κ2) is 7.10. The average Bonchev–Trinajstić information content (AvgIpc) is 2.34. The van der Waals surface area contributed by atoms with E-state index >= 15 is 0 Å². The quantitative estimate of drug-likeness (QED) is 0.279. The summed E-state index contributed by atoms with van der Waals surface area (Å²) in [4.78, 5) is 33.0. The van der Waals surface area contributed by atoms with Crippen molar-refractivity contribution in [2.45, 2.75) is 25.9 Å². The highest BCUT2D eigenvalue weighted by Crippen LogP contribution is 2.19. The second-order valence-electron chi connectivity index (χ2n) is 3.87. The van der Waals surface area contributed by atoms with E-state index in [0.29, 0.717) is 6.42 Å². The molecule has 0 saturated heterocycles. The lowest BCUT2D eigenvalue weighted by Gasteiger charge is -2.24. The van der Waals surface area contributed by atoms with Gasteiger partial charge in [-0.3, -0.25) is 4.79 Å². The first kappa shape index (κ1) is 15.7. The van der Waals surface area contributed by atoms with E-state index in [1.54, 1.807) is 0 Å². The largest absolute Gasteiger partial charge is 0.395 e. The van der Waals surface area contributed by atoms with Gasteiger partial charge in [0.1, 0.15) is 6.29 Å². The summed E-state index contributed by atoms with van der Waals surface area (Å²) in [7, 11) is 0. The second-order valence-corrected chi connectivity index (χ2v) is 3.87. The van der Waals surface area contributed by atoms with Crippen LogP contribution in [0.5, 0.6) is 0 Å². The van der Waals surface area contributed by atoms with Crippen molar-refractivity contribution < 1.29 is 29.3 Å². The summed E-state index contributed by atoms with van der Waals surface area (Å²) in [5.41, 5.74) is 3.48. The number of carbonyl (C=O) groups excluding carboxylic acids is 3. The fourth-order valence-corrected chi connectivity index (χ4v) is 0.923. The molecule has 0 aromatic rings. The Bertz CT molecular complexity index is 293. The lowest BCUT2D eigenvalue weighted by molar-refractivity contribution is -0.172. The molecule has 0 aliphatic heterocycles. The maximum absolute atomic E-state index is 11.3. The lowest BCUT2D eigenvalue weighted by atomic mass is 9.87. The molecule has 4 N–H and O–H groups in total. The van der Waals surface area contributed by atoms with Gasteiger partial charge in [-0.1, -0.05) is 0 Å². The number of nitrogens with two attached hydrogens (primary N) is 1. The van der Waals surface area contributed by atoms with Crippen LogP contribution in [0.4, 0.5) is 0 Å². The number of rotatable bonds is 7. The number of ether oxygens (including phenoxy) is 1. The highest BCUT2D eigenvalue weighted by atomic mass is 16.6. The molecule has 0 rings (SSSR count). The Labute approximate surface area is 98.6 Å². The van der Waals surface area contributed by atoms with E-state index in [0.717, 1.165) is 0 Å². The Balaban J connectivity index is 4.41. The summed E-state index contributed by atoms with van der Waals surface area (Å²) in [6.07, 6.45) is -1.34. The van der Waals surface area contributed by atoms with Crippen LogP contribution in [0.25, 0.3) is 0 Å². The van der Waals surface area contributed by atoms with Gasteiger partial charge in [-0.05, 0) is 19.9 Å². The highest BCUT2D eigenvalue weighted by molar-refractivity contribution is 5.90. The Morgan fingerprint density at radius 2 is 2.12 bits per heavy atom. The smallest absolute Gasteiger partial charge is 0.343 e. The zero-order valence-corrected chi connectivity index (χ0v) is 9.59. The number of carbonyl (C=O) groups is 3. The van der Waals surface area contributed by atoms with Gasteiger partial charge in [0, 0.05) is 6.42 Å². The van der Waals surface area contributed by atoms with E-state index in [1.807, 2.05) is 0 Å². The first-order chi connectivity index (χ1) is 7.91. The fourth-order valence-electron chi connectivity index (χ4n) is 0.923. The summed E-state index contributed by atoms with van der Waals surface area (Å²) in [6, 6.07) is 0. The highest BCUT2D eigenvalue weighted by Gasteiger charge is 2.39. The van der Waals surface area contributed by atoms with Crippen LogP contribution in [-0.2, 0) is 19.1 Å². The maximum atomic E-state index is 11.3. The van der Waals surface area contributed by atoms with E-state index in [9.17, 15) is 19.5 Å². The standard InChI is InChI=1S/C10H17NO6/c1-10(5-12,6-13)8(15)9(16)17-7(14)3-2-4-11/h5,8,13,15H,2-4,6,11H2,1H3. The minimum absolute atomic E-state index is 0.0497. The van der Waals surface area contributed by atoms with E-state index in [1.165, 1.54) is 6.92 Å². The average molecular weight is 247 g/mol. The van der Waals surface area contributed by atoms with Gasteiger partial charge in [-0.15, -0.1) is 0 Å². The molecule has 0 aromatic heterocycles. The third-order valence-electron chi connectivity index (χ3n) is 2.26. The van der Waals surface area contributed by atoms with Gasteiger partial charge in [-0.2, -0.15) is 0 Å². The van der Waals surface area contributed by atoms with E-state index in [-0.39, 0.29) is 19.3 Å². The molecule has 0 amide bonds. The molecule has 0 aliphatic carbocycles. The zero-order valence-electron chi connectivity index (χ0n) is 9.59. The summed E-state index contributed by atoms with van der Waals surface area (Å²) < 4.78 is 4.31. The van der Waals surface area contributed by atoms with E-state index < -0.39 is 30.1 Å². The minimum Gasteiger partial charge on any atom is -0.395 e. The molecule has 0 saturated carbocycles. The molecule has 0 bridgehead atoms. The van der Waals surface area contributed by atoms with Crippen molar-refractivity contribution in [3.63, 3.8) is 0 Å². The van der Waals surface area contributed by atoms with Gasteiger partial charge in [0.05, 0.1) is 12.0 Å². The molecule has 17 heavy (non-hydrogen) atoms. The summed E-state index contributed by atoms with van der Waals surface area (Å²) >= 11 is 0. The Morgan fingerprint density at radius 1 is 1.53 bits per heavy atom. The molecule has 0 aliphatic rings. The van der Waals surface area contributed by atoms with Crippen molar-refractivity contribution in [2.75, 3.05) is 13.2 Å². The van der Waals surface area contributed by atoms with Gasteiger partial charge < -0.3 is 25.5 Å². The number of hydrogen-bond acceptors (Lipinski definition) is 7. The Kier molecular flexibility index (Phi) is 6.55. The number of aldehydes is 1. The summed E-state index contributed by atoms with van der Waals surface area (Å²) in [6.45, 7) is 0.717. The van der Waals surface area contributed by atoms with Crippen molar-refractivity contribution in [1.29, 1.82) is 0 Å². The first-order valence-corrected chi connectivity index (χ1v) is 5.11. The van der Waals surface area contributed by atoms with Crippen LogP contribution in [0, 0.1) is 5.41 Å². The number of esters is 2. The van der Waals surface area contributed by atoms with Crippen molar-refractivity contribution in [1.82, 2.24) is 0 Å².